The summed E-state index contributed by atoms with van der Waals surface area (Å²) in [6.07, 6.45) is 6.48. The lowest BCUT2D eigenvalue weighted by molar-refractivity contribution is -0.132. The first-order chi connectivity index (χ1) is 15.4. The fraction of sp³-hybridized carbons (Fsp3) is 0.423. The van der Waals surface area contributed by atoms with Crippen LogP contribution in [0.15, 0.2) is 47.3 Å². The quantitative estimate of drug-likeness (QED) is 0.473. The van der Waals surface area contributed by atoms with Gasteiger partial charge in [0.2, 0.25) is 5.91 Å². The van der Waals surface area contributed by atoms with Gasteiger partial charge in [-0.25, -0.2) is 4.98 Å². The Morgan fingerprint density at radius 2 is 1.94 bits per heavy atom. The molecular weight excluding hydrogens is 422 g/mol. The van der Waals surface area contributed by atoms with Gasteiger partial charge in [0.1, 0.15) is 5.82 Å². The van der Waals surface area contributed by atoms with Crippen LogP contribution in [0.25, 0.3) is 16.6 Å². The maximum Gasteiger partial charge on any atom is 0.266 e. The maximum atomic E-state index is 13.6. The van der Waals surface area contributed by atoms with Gasteiger partial charge in [0.15, 0.2) is 0 Å². The molecule has 1 aromatic heterocycles. The Morgan fingerprint density at radius 1 is 1.22 bits per heavy atom. The highest BCUT2D eigenvalue weighted by molar-refractivity contribution is 6.30. The molecule has 3 aromatic rings. The molecule has 1 saturated carbocycles. The molecule has 5 nitrogen and oxygen atoms in total. The zero-order valence-electron chi connectivity index (χ0n) is 19.0. The highest BCUT2D eigenvalue weighted by Crippen LogP contribution is 2.30. The van der Waals surface area contributed by atoms with E-state index in [1.165, 1.54) is 25.7 Å². The topological polar surface area (TPSA) is 55.2 Å². The van der Waals surface area contributed by atoms with E-state index in [0.29, 0.717) is 34.1 Å². The zero-order chi connectivity index (χ0) is 22.8. The number of hydrogen-bond acceptors (Lipinski definition) is 3. The van der Waals surface area contributed by atoms with E-state index in [-0.39, 0.29) is 17.5 Å². The molecule has 6 heteroatoms. The minimum absolute atomic E-state index is 0.0891. The minimum atomic E-state index is -0.363. The molecule has 32 heavy (non-hydrogen) atoms. The van der Waals surface area contributed by atoms with Crippen molar-refractivity contribution in [1.29, 1.82) is 0 Å². The highest BCUT2D eigenvalue weighted by atomic mass is 35.5. The van der Waals surface area contributed by atoms with Gasteiger partial charge in [-0.3, -0.25) is 14.2 Å². The summed E-state index contributed by atoms with van der Waals surface area (Å²) >= 11 is 6.17. The summed E-state index contributed by atoms with van der Waals surface area (Å²) < 4.78 is 1.64. The largest absolute Gasteiger partial charge is 0.336 e. The summed E-state index contributed by atoms with van der Waals surface area (Å²) in [6, 6.07) is 12.4. The monoisotopic (exact) mass is 451 g/mol. The average Bonchev–Trinajstić information content (AvgIpc) is 3.31. The Balaban J connectivity index is 1.74. The molecule has 1 aliphatic carbocycles. The number of aryl methyl sites for hydroxylation is 1. The van der Waals surface area contributed by atoms with Crippen molar-refractivity contribution in [2.24, 2.45) is 5.92 Å². The van der Waals surface area contributed by atoms with E-state index in [9.17, 15) is 9.59 Å². The van der Waals surface area contributed by atoms with Crippen LogP contribution in [0, 0.1) is 12.8 Å². The van der Waals surface area contributed by atoms with Gasteiger partial charge in [0.05, 0.1) is 22.6 Å². The molecule has 2 aromatic carbocycles. The Labute approximate surface area is 194 Å². The summed E-state index contributed by atoms with van der Waals surface area (Å²) in [5, 5.41) is 1.16. The number of halogens is 1. The molecule has 168 valence electrons. The molecular formula is C26H30ClN3O2. The van der Waals surface area contributed by atoms with Crippen molar-refractivity contribution >= 4 is 28.4 Å². The van der Waals surface area contributed by atoms with E-state index in [1.54, 1.807) is 21.6 Å². The Bertz CT molecular complexity index is 1200. The predicted molar refractivity (Wildman–Crippen MR) is 129 cm³/mol. The fourth-order valence-electron chi connectivity index (χ4n) is 4.72. The number of amides is 1. The molecule has 0 N–H and O–H groups in total. The highest BCUT2D eigenvalue weighted by Gasteiger charge is 2.25. The molecule has 0 radical (unpaired) electrons. The third-order valence-corrected chi connectivity index (χ3v) is 7.03. The number of fused-ring (bicyclic) bond motifs is 1. The van der Waals surface area contributed by atoms with Gasteiger partial charge in [0, 0.05) is 18.5 Å². The van der Waals surface area contributed by atoms with Crippen LogP contribution in [0.3, 0.4) is 0 Å². The van der Waals surface area contributed by atoms with Crippen molar-refractivity contribution in [2.75, 3.05) is 7.05 Å². The molecule has 1 heterocycles. The number of aromatic nitrogens is 2. The fourth-order valence-corrected chi connectivity index (χ4v) is 4.95. The van der Waals surface area contributed by atoms with Gasteiger partial charge in [-0.05, 0) is 62.1 Å². The van der Waals surface area contributed by atoms with Crippen molar-refractivity contribution in [2.45, 2.75) is 58.4 Å². The number of carbonyl (C=O) groups excluding carboxylic acids is 1. The van der Waals surface area contributed by atoms with Crippen molar-refractivity contribution < 1.29 is 4.79 Å². The van der Waals surface area contributed by atoms with E-state index in [4.69, 9.17) is 16.6 Å². The average molecular weight is 452 g/mol. The number of para-hydroxylation sites is 1. The SMILES string of the molecule is Cc1cc(Cl)ccc1-n1c(C(C)N(C)C(=O)CCC2CCCC2)nc2ccccc2c1=O. The molecule has 4 rings (SSSR count). The molecule has 1 unspecified atom stereocenters. The summed E-state index contributed by atoms with van der Waals surface area (Å²) in [6.45, 7) is 3.86. The molecule has 0 saturated heterocycles. The summed E-state index contributed by atoms with van der Waals surface area (Å²) in [5.41, 5.74) is 2.09. The standard InChI is InChI=1S/C26H30ClN3O2/c1-17-16-20(27)13-14-23(17)30-25(28-22-11-7-6-10-21(22)26(30)32)18(2)29(3)24(31)15-12-19-8-4-5-9-19/h6-7,10-11,13-14,16,18-19H,4-5,8-9,12,15H2,1-3H3. The van der Waals surface area contributed by atoms with E-state index in [1.807, 2.05) is 51.2 Å². The molecule has 1 aliphatic rings. The molecule has 1 fully saturated rings. The van der Waals surface area contributed by atoms with Gasteiger partial charge in [-0.1, -0.05) is 49.4 Å². The summed E-state index contributed by atoms with van der Waals surface area (Å²) in [5.74, 6) is 1.30. The van der Waals surface area contributed by atoms with Crippen molar-refractivity contribution in [3.63, 3.8) is 0 Å². The Kier molecular flexibility index (Phi) is 6.66. The van der Waals surface area contributed by atoms with Crippen LogP contribution in [0.4, 0.5) is 0 Å². The van der Waals surface area contributed by atoms with Gasteiger partial charge in [-0.15, -0.1) is 0 Å². The molecule has 0 aliphatic heterocycles. The summed E-state index contributed by atoms with van der Waals surface area (Å²) in [4.78, 5) is 33.2. The van der Waals surface area contributed by atoms with E-state index < -0.39 is 0 Å². The van der Waals surface area contributed by atoms with Crippen molar-refractivity contribution in [1.82, 2.24) is 14.5 Å². The lowest BCUT2D eigenvalue weighted by Gasteiger charge is -2.28. The van der Waals surface area contributed by atoms with Crippen molar-refractivity contribution in [3.8, 4) is 5.69 Å². The van der Waals surface area contributed by atoms with Gasteiger partial charge in [0.25, 0.3) is 5.56 Å². The molecule has 0 bridgehead atoms. The zero-order valence-corrected chi connectivity index (χ0v) is 19.7. The van der Waals surface area contributed by atoms with Gasteiger partial charge < -0.3 is 4.90 Å². The first-order valence-electron chi connectivity index (χ1n) is 11.4. The van der Waals surface area contributed by atoms with E-state index in [2.05, 4.69) is 0 Å². The third kappa shape index (κ3) is 4.44. The van der Waals surface area contributed by atoms with E-state index in [0.717, 1.165) is 17.7 Å². The van der Waals surface area contributed by atoms with Crippen molar-refractivity contribution in [3.05, 3.63) is 69.2 Å². The lowest BCUT2D eigenvalue weighted by Crippen LogP contribution is -2.35. The predicted octanol–water partition coefficient (Wildman–Crippen LogP) is 5.84. The number of rotatable bonds is 6. The number of carbonyl (C=O) groups is 1. The Hall–Kier alpha value is -2.66. The second kappa shape index (κ2) is 9.45. The van der Waals surface area contributed by atoms with Crippen LogP contribution in [-0.4, -0.2) is 27.4 Å². The number of benzene rings is 2. The Morgan fingerprint density at radius 3 is 2.66 bits per heavy atom. The first kappa shape index (κ1) is 22.5. The van der Waals surface area contributed by atoms with Gasteiger partial charge >= 0.3 is 0 Å². The van der Waals surface area contributed by atoms with Crippen LogP contribution < -0.4 is 5.56 Å². The van der Waals surface area contributed by atoms with Crippen LogP contribution in [0.1, 0.15) is 62.9 Å². The van der Waals surface area contributed by atoms with Crippen LogP contribution in [0.2, 0.25) is 5.02 Å². The van der Waals surface area contributed by atoms with Crippen LogP contribution in [0.5, 0.6) is 0 Å². The third-order valence-electron chi connectivity index (χ3n) is 6.79. The van der Waals surface area contributed by atoms with E-state index >= 15 is 0 Å². The van der Waals surface area contributed by atoms with Crippen LogP contribution >= 0.6 is 11.6 Å². The van der Waals surface area contributed by atoms with Gasteiger partial charge in [-0.2, -0.15) is 0 Å². The smallest absolute Gasteiger partial charge is 0.266 e. The maximum absolute atomic E-state index is 13.6. The summed E-state index contributed by atoms with van der Waals surface area (Å²) in [7, 11) is 1.81. The van der Waals surface area contributed by atoms with Crippen LogP contribution in [-0.2, 0) is 4.79 Å². The molecule has 1 atom stereocenters. The second-order valence-corrected chi connectivity index (χ2v) is 9.36. The number of nitrogens with zero attached hydrogens (tertiary/aromatic N) is 3. The second-order valence-electron chi connectivity index (χ2n) is 8.93. The molecule has 1 amide bonds. The molecule has 0 spiro atoms. The minimum Gasteiger partial charge on any atom is -0.336 e. The number of hydrogen-bond donors (Lipinski definition) is 0. The normalized spacial score (nSPS) is 15.2. The first-order valence-corrected chi connectivity index (χ1v) is 11.8. The lowest BCUT2D eigenvalue weighted by atomic mass is 10.0.